The fourth-order valence-electron chi connectivity index (χ4n) is 8.25. The summed E-state index contributed by atoms with van der Waals surface area (Å²) < 4.78 is 2.78. The van der Waals surface area contributed by atoms with Crippen molar-refractivity contribution in [3.63, 3.8) is 0 Å². The normalized spacial score (nSPS) is 31.9. The molecule has 0 radical (unpaired) electrons. The van der Waals surface area contributed by atoms with Gasteiger partial charge in [-0.3, -0.25) is 19.5 Å². The quantitative estimate of drug-likeness (QED) is 0.590. The summed E-state index contributed by atoms with van der Waals surface area (Å²) in [6.07, 6.45) is 15.0. The van der Waals surface area contributed by atoms with Crippen LogP contribution in [0.3, 0.4) is 0 Å². The van der Waals surface area contributed by atoms with E-state index >= 15 is 0 Å². The number of hydrogen-bond acceptors (Lipinski definition) is 6. The number of para-hydroxylation sites is 2. The molecule has 2 aliphatic heterocycles. The predicted octanol–water partition coefficient (Wildman–Crippen LogP) is 3.16. The van der Waals surface area contributed by atoms with E-state index in [0.29, 0.717) is 23.6 Å². The lowest BCUT2D eigenvalue weighted by Crippen LogP contribution is -2.52. The van der Waals surface area contributed by atoms with Crippen molar-refractivity contribution in [3.8, 4) is 5.82 Å². The molecule has 1 aromatic carbocycles. The zero-order valence-corrected chi connectivity index (χ0v) is 21.1. The summed E-state index contributed by atoms with van der Waals surface area (Å²) in [7, 11) is 0. The molecule has 2 saturated heterocycles. The van der Waals surface area contributed by atoms with Crippen molar-refractivity contribution in [1.29, 1.82) is 0 Å². The number of fused-ring (bicyclic) bond motifs is 5. The molecule has 3 aromatic rings. The monoisotopic (exact) mass is 502 g/mol. The van der Waals surface area contributed by atoms with Gasteiger partial charge in [-0.25, -0.2) is 9.78 Å². The van der Waals surface area contributed by atoms with Crippen molar-refractivity contribution in [3.05, 3.63) is 61.7 Å². The standard InChI is InChI=1S/C28H34N6O3/c35-25-16-29-34(28(37)31-25)26-27(36)33(24-8-4-3-7-23(24)30-26)22-14-19-9-10-20(15-22)32(19)21-12-17-5-1-2-6-18(11-17)13-21/h3-4,7-8,16-22H,1-2,5-6,9-15H2,(H,31,35,37). The van der Waals surface area contributed by atoms with Crippen molar-refractivity contribution >= 4 is 11.0 Å². The summed E-state index contributed by atoms with van der Waals surface area (Å²) in [6.45, 7) is 0. The van der Waals surface area contributed by atoms with Gasteiger partial charge in [0.05, 0.1) is 11.0 Å². The van der Waals surface area contributed by atoms with E-state index in [1.165, 1.54) is 57.8 Å². The third-order valence-corrected chi connectivity index (χ3v) is 9.60. The molecule has 2 aromatic heterocycles. The number of aromatic nitrogens is 5. The molecule has 4 atom stereocenters. The Labute approximate surface area is 214 Å². The highest BCUT2D eigenvalue weighted by Crippen LogP contribution is 2.47. The number of benzene rings is 1. The first-order valence-corrected chi connectivity index (χ1v) is 14.0. The summed E-state index contributed by atoms with van der Waals surface area (Å²) in [5, 5.41) is 3.93. The number of nitrogens with one attached hydrogen (secondary N) is 1. The minimum Gasteiger partial charge on any atom is -0.300 e. The number of rotatable bonds is 3. The molecule has 2 saturated carbocycles. The summed E-state index contributed by atoms with van der Waals surface area (Å²) in [5.74, 6) is 1.72. The van der Waals surface area contributed by atoms with Crippen molar-refractivity contribution in [2.24, 2.45) is 11.8 Å². The number of nitrogens with zero attached hydrogens (tertiary/aromatic N) is 5. The molecule has 1 N–H and O–H groups in total. The molecular formula is C28H34N6O3. The number of piperidine rings is 1. The Bertz CT molecular complexity index is 1480. The van der Waals surface area contributed by atoms with Gasteiger partial charge in [-0.05, 0) is 68.9 Å². The molecule has 4 fully saturated rings. The van der Waals surface area contributed by atoms with Crippen LogP contribution in [0, 0.1) is 11.8 Å². The van der Waals surface area contributed by atoms with Gasteiger partial charge in [-0.2, -0.15) is 9.78 Å². The Balaban J connectivity index is 1.25. The Hall–Kier alpha value is -3.07. The first kappa shape index (κ1) is 23.1. The maximum atomic E-state index is 13.9. The molecule has 9 nitrogen and oxygen atoms in total. The predicted molar refractivity (Wildman–Crippen MR) is 140 cm³/mol. The summed E-state index contributed by atoms with van der Waals surface area (Å²) in [4.78, 5) is 47.5. The van der Waals surface area contributed by atoms with Crippen LogP contribution in [0.15, 0.2) is 44.8 Å². The van der Waals surface area contributed by atoms with E-state index in [9.17, 15) is 14.4 Å². The second-order valence-corrected chi connectivity index (χ2v) is 11.8. The minimum atomic E-state index is -0.757. The highest BCUT2D eigenvalue weighted by molar-refractivity contribution is 5.75. The molecular weight excluding hydrogens is 468 g/mol. The molecule has 7 rings (SSSR count). The fraction of sp³-hybridized carbons (Fsp3) is 0.607. The summed E-state index contributed by atoms with van der Waals surface area (Å²) in [6, 6.07) is 9.32. The summed E-state index contributed by atoms with van der Waals surface area (Å²) >= 11 is 0. The van der Waals surface area contributed by atoms with Crippen LogP contribution in [-0.4, -0.2) is 47.3 Å². The molecule has 4 heterocycles. The van der Waals surface area contributed by atoms with Crippen molar-refractivity contribution in [2.45, 2.75) is 94.8 Å². The molecule has 37 heavy (non-hydrogen) atoms. The molecule has 0 amide bonds. The number of hydrogen-bond donors (Lipinski definition) is 1. The lowest BCUT2D eigenvalue weighted by Gasteiger charge is -2.48. The Kier molecular flexibility index (Phi) is 5.64. The van der Waals surface area contributed by atoms with Gasteiger partial charge in [0, 0.05) is 24.2 Å². The molecule has 9 heteroatoms. The van der Waals surface area contributed by atoms with Crippen LogP contribution in [0.4, 0.5) is 0 Å². The Morgan fingerprint density at radius 3 is 2.19 bits per heavy atom. The maximum Gasteiger partial charge on any atom is 0.351 e. The molecule has 4 aliphatic rings. The van der Waals surface area contributed by atoms with Gasteiger partial charge in [0.15, 0.2) is 0 Å². The van der Waals surface area contributed by atoms with Crippen molar-refractivity contribution < 1.29 is 0 Å². The smallest absolute Gasteiger partial charge is 0.300 e. The first-order valence-electron chi connectivity index (χ1n) is 14.0. The molecule has 0 spiro atoms. The first-order chi connectivity index (χ1) is 18.0. The highest BCUT2D eigenvalue weighted by Gasteiger charge is 2.47. The third-order valence-electron chi connectivity index (χ3n) is 9.60. The van der Waals surface area contributed by atoms with Gasteiger partial charge in [0.25, 0.3) is 11.1 Å². The second kappa shape index (κ2) is 9.04. The average Bonchev–Trinajstić information content (AvgIpc) is 3.04. The van der Waals surface area contributed by atoms with E-state index in [2.05, 4.69) is 20.0 Å². The zero-order chi connectivity index (χ0) is 25.1. The second-order valence-electron chi connectivity index (χ2n) is 11.8. The van der Waals surface area contributed by atoms with Crippen molar-refractivity contribution in [1.82, 2.24) is 29.2 Å². The SMILES string of the molecule is O=c1cnn(-c2nc3ccccc3n(C3CC4CCC(C3)N4C3CC4CCCCC(C4)C3)c2=O)c(=O)[nH]1. The van der Waals surface area contributed by atoms with Gasteiger partial charge in [0.1, 0.15) is 6.20 Å². The van der Waals surface area contributed by atoms with E-state index in [4.69, 9.17) is 0 Å². The van der Waals surface area contributed by atoms with E-state index < -0.39 is 11.2 Å². The van der Waals surface area contributed by atoms with E-state index in [1.807, 2.05) is 28.8 Å². The largest absolute Gasteiger partial charge is 0.351 e. The topological polar surface area (TPSA) is 106 Å². The van der Waals surface area contributed by atoms with Crippen molar-refractivity contribution in [2.75, 3.05) is 0 Å². The Morgan fingerprint density at radius 1 is 0.784 bits per heavy atom. The number of H-pyrrole nitrogens is 1. The van der Waals surface area contributed by atoms with Crippen LogP contribution in [0.1, 0.15) is 76.7 Å². The number of aromatic amines is 1. The van der Waals surface area contributed by atoms with Gasteiger partial charge in [0.2, 0.25) is 5.82 Å². The van der Waals surface area contributed by atoms with Crippen LogP contribution < -0.4 is 16.8 Å². The Morgan fingerprint density at radius 2 is 1.49 bits per heavy atom. The third kappa shape index (κ3) is 3.98. The van der Waals surface area contributed by atoms with Crippen LogP contribution in [0.5, 0.6) is 0 Å². The molecule has 4 unspecified atom stereocenters. The molecule has 2 aliphatic carbocycles. The minimum absolute atomic E-state index is 0.0391. The van der Waals surface area contributed by atoms with E-state index in [1.54, 1.807) is 0 Å². The molecule has 4 bridgehead atoms. The van der Waals surface area contributed by atoms with Crippen LogP contribution in [0.2, 0.25) is 0 Å². The van der Waals surface area contributed by atoms with E-state index in [-0.39, 0.29) is 17.4 Å². The fourth-order valence-corrected chi connectivity index (χ4v) is 8.25. The maximum absolute atomic E-state index is 13.9. The lowest BCUT2D eigenvalue weighted by molar-refractivity contribution is 0.0204. The van der Waals surface area contributed by atoms with Crippen LogP contribution >= 0.6 is 0 Å². The van der Waals surface area contributed by atoms with Gasteiger partial charge < -0.3 is 4.57 Å². The van der Waals surface area contributed by atoms with Crippen LogP contribution in [0.25, 0.3) is 16.9 Å². The van der Waals surface area contributed by atoms with Crippen LogP contribution in [-0.2, 0) is 0 Å². The van der Waals surface area contributed by atoms with Gasteiger partial charge in [-0.15, -0.1) is 0 Å². The zero-order valence-electron chi connectivity index (χ0n) is 21.1. The molecule has 194 valence electrons. The highest BCUT2D eigenvalue weighted by atomic mass is 16.2. The van der Waals surface area contributed by atoms with E-state index in [0.717, 1.165) is 41.1 Å². The average molecular weight is 503 g/mol. The lowest BCUT2D eigenvalue weighted by atomic mass is 9.76. The van der Waals surface area contributed by atoms with Gasteiger partial charge >= 0.3 is 5.69 Å². The summed E-state index contributed by atoms with van der Waals surface area (Å²) in [5.41, 5.74) is -0.262. The van der Waals surface area contributed by atoms with Gasteiger partial charge in [-0.1, -0.05) is 37.8 Å².